The molecular weight excluding hydrogens is 380 g/mol. The minimum atomic E-state index is -0.318. The van der Waals surface area contributed by atoms with E-state index in [0.29, 0.717) is 41.8 Å². The van der Waals surface area contributed by atoms with Crippen molar-refractivity contribution in [1.29, 1.82) is 0 Å². The highest BCUT2D eigenvalue weighted by Gasteiger charge is 2.30. The summed E-state index contributed by atoms with van der Waals surface area (Å²) < 4.78 is 12.3. The second kappa shape index (κ2) is 7.37. The van der Waals surface area contributed by atoms with Gasteiger partial charge < -0.3 is 14.4 Å². The Morgan fingerprint density at radius 2 is 1.83 bits per heavy atom. The molecule has 0 N–H and O–H groups in total. The maximum Gasteiger partial charge on any atom is 0.268 e. The van der Waals surface area contributed by atoms with Gasteiger partial charge >= 0.3 is 0 Å². The third-order valence-electron chi connectivity index (χ3n) is 5.90. The number of hydrogen-bond donors (Lipinski definition) is 0. The first-order valence-electron chi connectivity index (χ1n) is 10.1. The Bertz CT molecular complexity index is 1170. The zero-order valence-corrected chi connectivity index (χ0v) is 16.7. The number of ether oxygens (including phenoxy) is 2. The van der Waals surface area contributed by atoms with Crippen LogP contribution in [-0.4, -0.2) is 35.3 Å². The van der Waals surface area contributed by atoms with Gasteiger partial charge in [0, 0.05) is 31.3 Å². The van der Waals surface area contributed by atoms with Gasteiger partial charge in [-0.15, -0.1) is 0 Å². The number of carbonyl (C=O) groups excluding carboxylic acids is 1. The molecule has 1 amide bonds. The Balaban J connectivity index is 1.45. The van der Waals surface area contributed by atoms with Crippen molar-refractivity contribution < 1.29 is 14.3 Å². The molecule has 0 bridgehead atoms. The van der Waals surface area contributed by atoms with E-state index in [2.05, 4.69) is 12.1 Å². The van der Waals surface area contributed by atoms with Crippen LogP contribution < -0.4 is 15.0 Å². The zero-order valence-electron chi connectivity index (χ0n) is 16.7. The van der Waals surface area contributed by atoms with Crippen LogP contribution in [0.1, 0.15) is 33.8 Å². The Hall–Kier alpha value is -3.54. The van der Waals surface area contributed by atoms with Crippen LogP contribution in [0.15, 0.2) is 65.6 Å². The van der Waals surface area contributed by atoms with E-state index in [4.69, 9.17) is 9.47 Å². The van der Waals surface area contributed by atoms with Gasteiger partial charge in [0.2, 0.25) is 6.79 Å². The molecule has 1 saturated heterocycles. The lowest BCUT2D eigenvalue weighted by Crippen LogP contribution is -2.35. The number of rotatable bonds is 3. The van der Waals surface area contributed by atoms with Gasteiger partial charge in [-0.05, 0) is 42.7 Å². The number of hydrogen-bond acceptors (Lipinski definition) is 4. The van der Waals surface area contributed by atoms with E-state index in [1.807, 2.05) is 31.2 Å². The van der Waals surface area contributed by atoms with Crippen molar-refractivity contribution in [3.8, 4) is 17.2 Å². The third-order valence-corrected chi connectivity index (χ3v) is 5.90. The molecule has 152 valence electrons. The number of aromatic nitrogens is 1. The van der Waals surface area contributed by atoms with Crippen LogP contribution in [0.4, 0.5) is 0 Å². The standard InChI is InChI=1S/C24H22N2O4/c1-16-9-12-26(19-7-8-20-21(13-19)30-15-29-20)24(28)22(16)23(27)25-11-10-18(14-25)17-5-3-2-4-6-17/h2-9,12-13,18H,10-11,14-15H2,1H3. The highest BCUT2D eigenvalue weighted by molar-refractivity contribution is 5.95. The quantitative estimate of drug-likeness (QED) is 0.673. The number of fused-ring (bicyclic) bond motifs is 1. The van der Waals surface area contributed by atoms with E-state index in [1.165, 1.54) is 10.1 Å². The summed E-state index contributed by atoms with van der Waals surface area (Å²) in [5, 5.41) is 0. The Morgan fingerprint density at radius 3 is 2.67 bits per heavy atom. The summed E-state index contributed by atoms with van der Waals surface area (Å²) >= 11 is 0. The number of benzene rings is 2. The highest BCUT2D eigenvalue weighted by Crippen LogP contribution is 2.33. The first-order chi connectivity index (χ1) is 14.6. The lowest BCUT2D eigenvalue weighted by molar-refractivity contribution is 0.0788. The Kier molecular flexibility index (Phi) is 4.54. The molecule has 1 atom stereocenters. The maximum atomic E-state index is 13.3. The molecule has 1 fully saturated rings. The largest absolute Gasteiger partial charge is 0.454 e. The fraction of sp³-hybridized carbons (Fsp3) is 0.250. The molecule has 2 aliphatic heterocycles. The minimum absolute atomic E-state index is 0.170. The Labute approximate surface area is 174 Å². The summed E-state index contributed by atoms with van der Waals surface area (Å²) in [7, 11) is 0. The SMILES string of the molecule is Cc1ccn(-c2ccc3c(c2)OCO3)c(=O)c1C(=O)N1CCC(c2ccccc2)C1. The monoisotopic (exact) mass is 402 g/mol. The second-order valence-electron chi connectivity index (χ2n) is 7.73. The number of carbonyl (C=O) groups is 1. The van der Waals surface area contributed by atoms with E-state index < -0.39 is 0 Å². The van der Waals surface area contributed by atoms with Crippen molar-refractivity contribution in [1.82, 2.24) is 9.47 Å². The average Bonchev–Trinajstić information content (AvgIpc) is 3.44. The van der Waals surface area contributed by atoms with Gasteiger partial charge in [-0.2, -0.15) is 0 Å². The Morgan fingerprint density at radius 1 is 1.03 bits per heavy atom. The van der Waals surface area contributed by atoms with E-state index in [-0.39, 0.29) is 23.8 Å². The first kappa shape index (κ1) is 18.5. The van der Waals surface area contributed by atoms with Crippen LogP contribution >= 0.6 is 0 Å². The van der Waals surface area contributed by atoms with Crippen LogP contribution in [0.3, 0.4) is 0 Å². The molecule has 3 heterocycles. The fourth-order valence-electron chi connectivity index (χ4n) is 4.23. The summed E-state index contributed by atoms with van der Waals surface area (Å²) in [4.78, 5) is 28.4. The van der Waals surface area contributed by atoms with Gasteiger partial charge in [-0.25, -0.2) is 0 Å². The smallest absolute Gasteiger partial charge is 0.268 e. The zero-order chi connectivity index (χ0) is 20.7. The molecule has 3 aromatic rings. The minimum Gasteiger partial charge on any atom is -0.454 e. The molecule has 0 saturated carbocycles. The van der Waals surface area contributed by atoms with Gasteiger partial charge in [-0.3, -0.25) is 14.2 Å². The van der Waals surface area contributed by atoms with Crippen LogP contribution in [-0.2, 0) is 0 Å². The number of aryl methyl sites for hydroxylation is 1. The van der Waals surface area contributed by atoms with Crippen LogP contribution in [0, 0.1) is 6.92 Å². The molecule has 0 radical (unpaired) electrons. The van der Waals surface area contributed by atoms with Crippen molar-refractivity contribution in [2.24, 2.45) is 0 Å². The van der Waals surface area contributed by atoms with Crippen LogP contribution in [0.2, 0.25) is 0 Å². The van der Waals surface area contributed by atoms with E-state index >= 15 is 0 Å². The lowest BCUT2D eigenvalue weighted by atomic mass is 9.99. The molecule has 30 heavy (non-hydrogen) atoms. The normalized spacial score (nSPS) is 17.4. The summed E-state index contributed by atoms with van der Waals surface area (Å²) in [6.45, 7) is 3.25. The topological polar surface area (TPSA) is 60.8 Å². The van der Waals surface area contributed by atoms with Crippen LogP contribution in [0.5, 0.6) is 11.5 Å². The van der Waals surface area contributed by atoms with Gasteiger partial charge in [-0.1, -0.05) is 30.3 Å². The maximum absolute atomic E-state index is 13.3. The molecule has 1 unspecified atom stereocenters. The van der Waals surface area contributed by atoms with Crippen molar-refractivity contribution in [3.05, 3.63) is 87.8 Å². The number of pyridine rings is 1. The second-order valence-corrected chi connectivity index (χ2v) is 7.73. The third kappa shape index (κ3) is 3.14. The van der Waals surface area contributed by atoms with E-state index in [0.717, 1.165) is 6.42 Å². The molecule has 1 aromatic heterocycles. The number of nitrogens with zero attached hydrogens (tertiary/aromatic N) is 2. The summed E-state index contributed by atoms with van der Waals surface area (Å²) in [6.07, 6.45) is 2.60. The lowest BCUT2D eigenvalue weighted by Gasteiger charge is -2.18. The number of amides is 1. The van der Waals surface area contributed by atoms with Crippen molar-refractivity contribution in [3.63, 3.8) is 0 Å². The molecule has 0 aliphatic carbocycles. The van der Waals surface area contributed by atoms with Crippen molar-refractivity contribution in [2.45, 2.75) is 19.3 Å². The molecule has 6 nitrogen and oxygen atoms in total. The van der Waals surface area contributed by atoms with Crippen LogP contribution in [0.25, 0.3) is 5.69 Å². The molecule has 2 aliphatic rings. The van der Waals surface area contributed by atoms with Crippen molar-refractivity contribution in [2.75, 3.05) is 19.9 Å². The van der Waals surface area contributed by atoms with Gasteiger partial charge in [0.05, 0.1) is 5.69 Å². The van der Waals surface area contributed by atoms with E-state index in [1.54, 1.807) is 29.3 Å². The summed E-state index contributed by atoms with van der Waals surface area (Å²) in [5.41, 5.74) is 2.47. The molecule has 6 heteroatoms. The molecule has 0 spiro atoms. The predicted molar refractivity (Wildman–Crippen MR) is 113 cm³/mol. The molecular formula is C24H22N2O4. The van der Waals surface area contributed by atoms with Gasteiger partial charge in [0.25, 0.3) is 11.5 Å². The summed E-state index contributed by atoms with van der Waals surface area (Å²) in [5.74, 6) is 1.35. The molecule has 2 aromatic carbocycles. The fourth-order valence-corrected chi connectivity index (χ4v) is 4.23. The van der Waals surface area contributed by atoms with Gasteiger partial charge in [0.15, 0.2) is 11.5 Å². The summed E-state index contributed by atoms with van der Waals surface area (Å²) in [6, 6.07) is 17.4. The average molecular weight is 402 g/mol. The number of likely N-dealkylation sites (tertiary alicyclic amines) is 1. The predicted octanol–water partition coefficient (Wildman–Crippen LogP) is 3.50. The first-order valence-corrected chi connectivity index (χ1v) is 10.1. The van der Waals surface area contributed by atoms with Crippen molar-refractivity contribution >= 4 is 5.91 Å². The van der Waals surface area contributed by atoms with E-state index in [9.17, 15) is 9.59 Å². The van der Waals surface area contributed by atoms with Gasteiger partial charge in [0.1, 0.15) is 5.56 Å². The highest BCUT2D eigenvalue weighted by atomic mass is 16.7. The molecule has 5 rings (SSSR count).